The first-order chi connectivity index (χ1) is 9.74. The Morgan fingerprint density at radius 2 is 1.86 bits per heavy atom. The van der Waals surface area contributed by atoms with Crippen LogP contribution < -0.4 is 5.32 Å². The summed E-state index contributed by atoms with van der Waals surface area (Å²) in [5, 5.41) is 3.16. The maximum absolute atomic E-state index is 12.2. The SMILES string of the molecule is Cl.O=C1CCCCN1CC1CCN(C(=O)C2CNC2)CC1. The Morgan fingerprint density at radius 1 is 1.14 bits per heavy atom. The van der Waals surface area contributed by atoms with E-state index < -0.39 is 0 Å². The Balaban J connectivity index is 0.00000161. The zero-order chi connectivity index (χ0) is 13.9. The van der Waals surface area contributed by atoms with Crippen LogP contribution in [0, 0.1) is 11.8 Å². The summed E-state index contributed by atoms with van der Waals surface area (Å²) in [4.78, 5) is 28.1. The van der Waals surface area contributed by atoms with E-state index in [2.05, 4.69) is 5.32 Å². The zero-order valence-corrected chi connectivity index (χ0v) is 13.4. The van der Waals surface area contributed by atoms with Crippen molar-refractivity contribution in [3.05, 3.63) is 0 Å². The Hall–Kier alpha value is -0.810. The summed E-state index contributed by atoms with van der Waals surface area (Å²) in [6.45, 7) is 5.30. The van der Waals surface area contributed by atoms with Crippen LogP contribution in [0.2, 0.25) is 0 Å². The van der Waals surface area contributed by atoms with E-state index in [4.69, 9.17) is 0 Å². The van der Waals surface area contributed by atoms with Gasteiger partial charge in [-0.15, -0.1) is 12.4 Å². The minimum absolute atomic E-state index is 0. The molecule has 0 aliphatic carbocycles. The monoisotopic (exact) mass is 315 g/mol. The molecule has 0 aromatic carbocycles. The van der Waals surface area contributed by atoms with E-state index in [1.807, 2.05) is 9.80 Å². The van der Waals surface area contributed by atoms with Gasteiger partial charge in [-0.3, -0.25) is 9.59 Å². The smallest absolute Gasteiger partial charge is 0.228 e. The predicted molar refractivity (Wildman–Crippen MR) is 83.3 cm³/mol. The lowest BCUT2D eigenvalue weighted by Crippen LogP contribution is -2.54. The Labute approximate surface area is 132 Å². The largest absolute Gasteiger partial charge is 0.342 e. The van der Waals surface area contributed by atoms with Gasteiger partial charge in [-0.1, -0.05) is 0 Å². The lowest BCUT2D eigenvalue weighted by atomic mass is 9.93. The number of nitrogens with one attached hydrogen (secondary N) is 1. The maximum Gasteiger partial charge on any atom is 0.228 e. The van der Waals surface area contributed by atoms with Gasteiger partial charge in [-0.05, 0) is 31.6 Å². The number of carbonyl (C=O) groups excluding carboxylic acids is 2. The van der Waals surface area contributed by atoms with Crippen molar-refractivity contribution in [3.63, 3.8) is 0 Å². The predicted octanol–water partition coefficient (Wildman–Crippen LogP) is 0.879. The molecule has 3 saturated heterocycles. The molecule has 0 aromatic heterocycles. The second-order valence-electron chi connectivity index (χ2n) is 6.42. The number of hydrogen-bond donors (Lipinski definition) is 1. The molecule has 3 heterocycles. The molecule has 3 aliphatic rings. The number of hydrogen-bond acceptors (Lipinski definition) is 3. The molecule has 3 rings (SSSR count). The summed E-state index contributed by atoms with van der Waals surface area (Å²) in [6.07, 6.45) is 5.03. The average Bonchev–Trinajstić information content (AvgIpc) is 2.40. The molecule has 5 nitrogen and oxygen atoms in total. The molecule has 6 heteroatoms. The van der Waals surface area contributed by atoms with Crippen LogP contribution in [0.1, 0.15) is 32.1 Å². The van der Waals surface area contributed by atoms with Crippen molar-refractivity contribution in [1.82, 2.24) is 15.1 Å². The average molecular weight is 316 g/mol. The summed E-state index contributed by atoms with van der Waals surface area (Å²) in [5.41, 5.74) is 0. The van der Waals surface area contributed by atoms with Crippen LogP contribution in [0.4, 0.5) is 0 Å². The summed E-state index contributed by atoms with van der Waals surface area (Å²) >= 11 is 0. The fraction of sp³-hybridized carbons (Fsp3) is 0.867. The third kappa shape index (κ3) is 3.89. The molecule has 3 aliphatic heterocycles. The van der Waals surface area contributed by atoms with Gasteiger partial charge in [0.25, 0.3) is 0 Å². The third-order valence-corrected chi connectivity index (χ3v) is 4.96. The van der Waals surface area contributed by atoms with Crippen LogP contribution in [0.3, 0.4) is 0 Å². The second kappa shape index (κ2) is 7.45. The summed E-state index contributed by atoms with van der Waals surface area (Å²) in [6, 6.07) is 0. The molecule has 0 atom stereocenters. The van der Waals surface area contributed by atoms with Crippen molar-refractivity contribution in [2.45, 2.75) is 32.1 Å². The van der Waals surface area contributed by atoms with Crippen LogP contribution in [-0.4, -0.2) is 60.9 Å². The van der Waals surface area contributed by atoms with Gasteiger partial charge < -0.3 is 15.1 Å². The van der Waals surface area contributed by atoms with E-state index in [0.29, 0.717) is 17.7 Å². The van der Waals surface area contributed by atoms with E-state index in [-0.39, 0.29) is 18.3 Å². The van der Waals surface area contributed by atoms with Gasteiger partial charge in [0.1, 0.15) is 0 Å². The lowest BCUT2D eigenvalue weighted by molar-refractivity contribution is -0.139. The van der Waals surface area contributed by atoms with Crippen molar-refractivity contribution >= 4 is 24.2 Å². The van der Waals surface area contributed by atoms with E-state index >= 15 is 0 Å². The third-order valence-electron chi connectivity index (χ3n) is 4.96. The fourth-order valence-corrected chi connectivity index (χ4v) is 3.42. The molecule has 120 valence electrons. The number of halogens is 1. The first-order valence-corrected chi connectivity index (χ1v) is 8.01. The van der Waals surface area contributed by atoms with Crippen molar-refractivity contribution in [1.29, 1.82) is 0 Å². The summed E-state index contributed by atoms with van der Waals surface area (Å²) in [5.74, 6) is 1.46. The van der Waals surface area contributed by atoms with Gasteiger partial charge in [-0.2, -0.15) is 0 Å². The van der Waals surface area contributed by atoms with Crippen LogP contribution in [-0.2, 0) is 9.59 Å². The minimum Gasteiger partial charge on any atom is -0.342 e. The van der Waals surface area contributed by atoms with E-state index in [1.165, 1.54) is 0 Å². The number of nitrogens with zero attached hydrogens (tertiary/aromatic N) is 2. The molecule has 3 fully saturated rings. The molecule has 0 unspecified atom stereocenters. The highest BCUT2D eigenvalue weighted by Gasteiger charge is 2.32. The van der Waals surface area contributed by atoms with Crippen molar-refractivity contribution in [3.8, 4) is 0 Å². The molecule has 0 bridgehead atoms. The highest BCUT2D eigenvalue weighted by Crippen LogP contribution is 2.22. The maximum atomic E-state index is 12.2. The van der Waals surface area contributed by atoms with E-state index in [0.717, 1.165) is 71.4 Å². The van der Waals surface area contributed by atoms with Gasteiger partial charge in [0.15, 0.2) is 0 Å². The number of rotatable bonds is 3. The number of carbonyl (C=O) groups is 2. The molecule has 0 spiro atoms. The second-order valence-corrected chi connectivity index (χ2v) is 6.42. The minimum atomic E-state index is 0. The Bertz CT molecular complexity index is 379. The number of amides is 2. The zero-order valence-electron chi connectivity index (χ0n) is 12.6. The molecular weight excluding hydrogens is 290 g/mol. The van der Waals surface area contributed by atoms with Crippen molar-refractivity contribution in [2.75, 3.05) is 39.3 Å². The first kappa shape index (κ1) is 16.6. The lowest BCUT2D eigenvalue weighted by Gasteiger charge is -2.38. The molecule has 21 heavy (non-hydrogen) atoms. The molecule has 0 saturated carbocycles. The van der Waals surface area contributed by atoms with Crippen LogP contribution in [0.15, 0.2) is 0 Å². The van der Waals surface area contributed by atoms with Gasteiger partial charge in [-0.25, -0.2) is 0 Å². The number of piperidine rings is 2. The quantitative estimate of drug-likeness (QED) is 0.841. The molecule has 0 radical (unpaired) electrons. The normalized spacial score (nSPS) is 24.5. The molecule has 2 amide bonds. The van der Waals surface area contributed by atoms with Crippen LogP contribution >= 0.6 is 12.4 Å². The summed E-state index contributed by atoms with van der Waals surface area (Å²) < 4.78 is 0. The Morgan fingerprint density at radius 3 is 2.43 bits per heavy atom. The fourth-order valence-electron chi connectivity index (χ4n) is 3.42. The van der Waals surface area contributed by atoms with Crippen LogP contribution in [0.5, 0.6) is 0 Å². The highest BCUT2D eigenvalue weighted by molar-refractivity contribution is 5.85. The van der Waals surface area contributed by atoms with E-state index in [1.54, 1.807) is 0 Å². The first-order valence-electron chi connectivity index (χ1n) is 8.01. The van der Waals surface area contributed by atoms with Gasteiger partial charge >= 0.3 is 0 Å². The standard InChI is InChI=1S/C15H25N3O2.ClH/c19-14-3-1-2-6-18(14)11-12-4-7-17(8-5-12)15(20)13-9-16-10-13;/h12-13,16H,1-11H2;1H. The van der Waals surface area contributed by atoms with Gasteiger partial charge in [0, 0.05) is 45.7 Å². The summed E-state index contributed by atoms with van der Waals surface area (Å²) in [7, 11) is 0. The molecular formula is C15H26ClN3O2. The molecule has 1 N–H and O–H groups in total. The topological polar surface area (TPSA) is 52.7 Å². The number of likely N-dealkylation sites (tertiary alicyclic amines) is 2. The van der Waals surface area contributed by atoms with Crippen molar-refractivity contribution < 1.29 is 9.59 Å². The van der Waals surface area contributed by atoms with Gasteiger partial charge in [0.05, 0.1) is 5.92 Å². The Kier molecular flexibility index (Phi) is 5.88. The van der Waals surface area contributed by atoms with Crippen LogP contribution in [0.25, 0.3) is 0 Å². The molecule has 0 aromatic rings. The van der Waals surface area contributed by atoms with E-state index in [9.17, 15) is 9.59 Å². The highest BCUT2D eigenvalue weighted by atomic mass is 35.5. The van der Waals surface area contributed by atoms with Gasteiger partial charge in [0.2, 0.25) is 11.8 Å². The van der Waals surface area contributed by atoms with Crippen molar-refractivity contribution in [2.24, 2.45) is 11.8 Å².